The van der Waals surface area contributed by atoms with Crippen molar-refractivity contribution in [2.24, 2.45) is 0 Å². The maximum Gasteiger partial charge on any atom is 0.241 e. The third-order valence-corrected chi connectivity index (χ3v) is 4.40. The molecule has 5 nitrogen and oxygen atoms in total. The SMILES string of the molecule is COc1ccc(S(=O)(=O)NCC#CCOc2ccccc2F)cc1. The van der Waals surface area contributed by atoms with Gasteiger partial charge in [-0.15, -0.1) is 0 Å². The molecule has 0 aromatic heterocycles. The summed E-state index contributed by atoms with van der Waals surface area (Å²) in [5.74, 6) is 5.43. The first-order chi connectivity index (χ1) is 11.5. The van der Waals surface area contributed by atoms with E-state index in [1.165, 1.54) is 31.4 Å². The Morgan fingerprint density at radius 1 is 1.08 bits per heavy atom. The Balaban J connectivity index is 1.84. The molecule has 0 saturated carbocycles. The summed E-state index contributed by atoms with van der Waals surface area (Å²) in [4.78, 5) is 0.118. The van der Waals surface area contributed by atoms with Crippen LogP contribution in [0.15, 0.2) is 53.4 Å². The van der Waals surface area contributed by atoms with Gasteiger partial charge >= 0.3 is 0 Å². The van der Waals surface area contributed by atoms with Crippen molar-refractivity contribution < 1.29 is 22.3 Å². The fourth-order valence-corrected chi connectivity index (χ4v) is 2.68. The fraction of sp³-hybridized carbons (Fsp3) is 0.176. The molecule has 1 N–H and O–H groups in total. The van der Waals surface area contributed by atoms with Crippen LogP contribution in [-0.4, -0.2) is 28.7 Å². The molecule has 0 radical (unpaired) electrons. The highest BCUT2D eigenvalue weighted by molar-refractivity contribution is 7.89. The van der Waals surface area contributed by atoms with Crippen LogP contribution in [-0.2, 0) is 10.0 Å². The number of sulfonamides is 1. The van der Waals surface area contributed by atoms with Crippen molar-refractivity contribution in [3.8, 4) is 23.3 Å². The summed E-state index contributed by atoms with van der Waals surface area (Å²) < 4.78 is 49.8. The molecule has 0 heterocycles. The summed E-state index contributed by atoms with van der Waals surface area (Å²) >= 11 is 0. The van der Waals surface area contributed by atoms with Gasteiger partial charge in [-0.05, 0) is 36.4 Å². The molecule has 24 heavy (non-hydrogen) atoms. The second kappa shape index (κ2) is 8.34. The molecular formula is C17H16FNO4S. The highest BCUT2D eigenvalue weighted by Gasteiger charge is 2.12. The molecule has 0 atom stereocenters. The van der Waals surface area contributed by atoms with Crippen molar-refractivity contribution in [3.05, 3.63) is 54.3 Å². The Morgan fingerprint density at radius 3 is 2.46 bits per heavy atom. The van der Waals surface area contributed by atoms with Crippen LogP contribution in [0.25, 0.3) is 0 Å². The highest BCUT2D eigenvalue weighted by Crippen LogP contribution is 2.15. The van der Waals surface area contributed by atoms with Gasteiger partial charge in [-0.3, -0.25) is 0 Å². The van der Waals surface area contributed by atoms with Crippen molar-refractivity contribution in [3.63, 3.8) is 0 Å². The zero-order valence-electron chi connectivity index (χ0n) is 13.0. The molecule has 0 fully saturated rings. The van der Waals surface area contributed by atoms with Gasteiger partial charge in [-0.25, -0.2) is 12.8 Å². The smallest absolute Gasteiger partial charge is 0.241 e. The highest BCUT2D eigenvalue weighted by atomic mass is 32.2. The van der Waals surface area contributed by atoms with E-state index in [4.69, 9.17) is 9.47 Å². The number of nitrogens with one attached hydrogen (secondary N) is 1. The van der Waals surface area contributed by atoms with E-state index >= 15 is 0 Å². The number of para-hydroxylation sites is 1. The Labute approximate surface area is 140 Å². The van der Waals surface area contributed by atoms with Gasteiger partial charge in [-0.2, -0.15) is 4.72 Å². The first-order valence-corrected chi connectivity index (χ1v) is 8.48. The van der Waals surface area contributed by atoms with Gasteiger partial charge in [0, 0.05) is 0 Å². The molecule has 0 spiro atoms. The molecule has 2 aromatic carbocycles. The van der Waals surface area contributed by atoms with E-state index < -0.39 is 15.8 Å². The van der Waals surface area contributed by atoms with E-state index in [1.807, 2.05) is 0 Å². The minimum absolute atomic E-state index is 0.0365. The van der Waals surface area contributed by atoms with Crippen molar-refractivity contribution in [2.45, 2.75) is 4.90 Å². The molecule has 0 saturated heterocycles. The normalized spacial score (nSPS) is 10.6. The summed E-state index contributed by atoms with van der Waals surface area (Å²) in [6.07, 6.45) is 0. The van der Waals surface area contributed by atoms with Crippen LogP contribution < -0.4 is 14.2 Å². The second-order valence-corrected chi connectivity index (χ2v) is 6.34. The van der Waals surface area contributed by atoms with Crippen LogP contribution in [0.4, 0.5) is 4.39 Å². The van der Waals surface area contributed by atoms with E-state index in [-0.39, 0.29) is 23.8 Å². The lowest BCUT2D eigenvalue weighted by atomic mass is 10.3. The van der Waals surface area contributed by atoms with Gasteiger partial charge in [0.15, 0.2) is 11.6 Å². The van der Waals surface area contributed by atoms with Crippen molar-refractivity contribution >= 4 is 10.0 Å². The Hall–Kier alpha value is -2.56. The fourth-order valence-electron chi connectivity index (χ4n) is 1.76. The summed E-state index contributed by atoms with van der Waals surface area (Å²) in [6, 6.07) is 12.0. The average molecular weight is 349 g/mol. The van der Waals surface area contributed by atoms with Crippen LogP contribution in [0.2, 0.25) is 0 Å². The first-order valence-electron chi connectivity index (χ1n) is 7.00. The molecule has 7 heteroatoms. The number of hydrogen-bond donors (Lipinski definition) is 1. The number of hydrogen-bond acceptors (Lipinski definition) is 4. The van der Waals surface area contributed by atoms with Crippen LogP contribution in [0.5, 0.6) is 11.5 Å². The first kappa shape index (κ1) is 17.8. The lowest BCUT2D eigenvalue weighted by Crippen LogP contribution is -2.24. The molecule has 0 amide bonds. The molecule has 0 aliphatic heterocycles. The molecule has 2 aromatic rings. The quantitative estimate of drug-likeness (QED) is 0.812. The maximum atomic E-state index is 13.3. The Morgan fingerprint density at radius 2 is 1.79 bits per heavy atom. The van der Waals surface area contributed by atoms with E-state index in [0.717, 1.165) is 0 Å². The van der Waals surface area contributed by atoms with Gasteiger partial charge in [0.2, 0.25) is 10.0 Å². The van der Waals surface area contributed by atoms with Crippen LogP contribution in [0.3, 0.4) is 0 Å². The van der Waals surface area contributed by atoms with Gasteiger partial charge < -0.3 is 9.47 Å². The number of halogens is 1. The topological polar surface area (TPSA) is 64.6 Å². The van der Waals surface area contributed by atoms with Gasteiger partial charge in [0.25, 0.3) is 0 Å². The molecule has 126 valence electrons. The van der Waals surface area contributed by atoms with Crippen LogP contribution in [0, 0.1) is 17.7 Å². The minimum Gasteiger partial charge on any atom is -0.497 e. The largest absolute Gasteiger partial charge is 0.497 e. The predicted molar refractivity (Wildman–Crippen MR) is 87.9 cm³/mol. The van der Waals surface area contributed by atoms with E-state index in [2.05, 4.69) is 16.6 Å². The summed E-state index contributed by atoms with van der Waals surface area (Å²) in [5, 5.41) is 0. The van der Waals surface area contributed by atoms with Crippen molar-refractivity contribution in [1.29, 1.82) is 0 Å². The van der Waals surface area contributed by atoms with Gasteiger partial charge in [0.1, 0.15) is 12.4 Å². The third kappa shape index (κ3) is 4.98. The standard InChI is InChI=1S/C17H16FNO4S/c1-22-14-8-10-15(11-9-14)24(20,21)19-12-4-5-13-23-17-7-3-2-6-16(17)18/h2-3,6-11,19H,12-13H2,1H3. The zero-order chi connectivity index (χ0) is 17.4. The van der Waals surface area contributed by atoms with Gasteiger partial charge in [-0.1, -0.05) is 24.0 Å². The summed E-state index contributed by atoms with van der Waals surface area (Å²) in [6.45, 7) is -0.111. The number of rotatable bonds is 6. The number of ether oxygens (including phenoxy) is 2. The van der Waals surface area contributed by atoms with E-state index in [0.29, 0.717) is 5.75 Å². The number of methoxy groups -OCH3 is 1. The molecular weight excluding hydrogens is 333 g/mol. The summed E-state index contributed by atoms with van der Waals surface area (Å²) in [5.41, 5.74) is 0. The van der Waals surface area contributed by atoms with Crippen molar-refractivity contribution in [2.75, 3.05) is 20.3 Å². The minimum atomic E-state index is -3.64. The van der Waals surface area contributed by atoms with Crippen molar-refractivity contribution in [1.82, 2.24) is 4.72 Å². The number of benzene rings is 2. The lowest BCUT2D eigenvalue weighted by Gasteiger charge is -2.05. The monoisotopic (exact) mass is 349 g/mol. The maximum absolute atomic E-state index is 13.3. The van der Waals surface area contributed by atoms with Crippen LogP contribution in [0.1, 0.15) is 0 Å². The average Bonchev–Trinajstić information content (AvgIpc) is 2.59. The Bertz CT molecular complexity index is 839. The van der Waals surface area contributed by atoms with Crippen LogP contribution >= 0.6 is 0 Å². The molecule has 2 rings (SSSR count). The third-order valence-electron chi connectivity index (χ3n) is 2.98. The molecule has 0 unspecified atom stereocenters. The summed E-state index contributed by atoms with van der Waals surface area (Å²) in [7, 11) is -2.14. The predicted octanol–water partition coefficient (Wildman–Crippen LogP) is 2.20. The molecule has 0 aliphatic carbocycles. The zero-order valence-corrected chi connectivity index (χ0v) is 13.8. The Kier molecular flexibility index (Phi) is 6.18. The molecule has 0 bridgehead atoms. The molecule has 0 aliphatic rings. The lowest BCUT2D eigenvalue weighted by molar-refractivity contribution is 0.348. The second-order valence-electron chi connectivity index (χ2n) is 4.57. The van der Waals surface area contributed by atoms with E-state index in [1.54, 1.807) is 24.3 Å². The van der Waals surface area contributed by atoms with Gasteiger partial charge in [0.05, 0.1) is 18.6 Å². The van der Waals surface area contributed by atoms with E-state index in [9.17, 15) is 12.8 Å².